The van der Waals surface area contributed by atoms with Crippen molar-refractivity contribution in [3.05, 3.63) is 71.7 Å². The van der Waals surface area contributed by atoms with E-state index in [1.165, 1.54) is 60.7 Å². The van der Waals surface area contributed by atoms with Crippen LogP contribution in [0.1, 0.15) is 50.2 Å². The summed E-state index contributed by atoms with van der Waals surface area (Å²) in [5.74, 6) is -0.185. The first-order valence-corrected chi connectivity index (χ1v) is 9.80. The number of hydrogen-bond acceptors (Lipinski definition) is 1. The molecule has 1 heterocycles. The van der Waals surface area contributed by atoms with Gasteiger partial charge in [0.05, 0.1) is 0 Å². The zero-order chi connectivity index (χ0) is 18.2. The standard InChI is InChI=1S/C23H29FN2/c1-2-3-4-5-8-15-25-16-20-18-26(23-10-7-6-9-22(20)23)17-19-11-13-21(24)14-12-19/h6-7,9-14,18,25H,2-5,8,15-17H2,1H3. The summed E-state index contributed by atoms with van der Waals surface area (Å²) in [5.41, 5.74) is 3.68. The lowest BCUT2D eigenvalue weighted by Gasteiger charge is -2.05. The van der Waals surface area contributed by atoms with Crippen LogP contribution in [0.3, 0.4) is 0 Å². The first-order chi connectivity index (χ1) is 12.8. The van der Waals surface area contributed by atoms with Gasteiger partial charge in [-0.05, 0) is 42.3 Å². The summed E-state index contributed by atoms with van der Waals surface area (Å²) in [6, 6.07) is 15.3. The Kier molecular flexibility index (Phi) is 6.84. The maximum Gasteiger partial charge on any atom is 0.123 e. The molecule has 0 saturated heterocycles. The van der Waals surface area contributed by atoms with Gasteiger partial charge in [0.2, 0.25) is 0 Å². The van der Waals surface area contributed by atoms with Crippen molar-refractivity contribution in [2.75, 3.05) is 6.54 Å². The second-order valence-corrected chi connectivity index (χ2v) is 7.02. The molecule has 26 heavy (non-hydrogen) atoms. The maximum absolute atomic E-state index is 13.1. The van der Waals surface area contributed by atoms with Gasteiger partial charge in [-0.15, -0.1) is 0 Å². The molecule has 3 rings (SSSR count). The molecular weight excluding hydrogens is 323 g/mol. The zero-order valence-corrected chi connectivity index (χ0v) is 15.7. The van der Waals surface area contributed by atoms with Gasteiger partial charge in [0.1, 0.15) is 5.82 Å². The third kappa shape index (κ3) is 4.95. The van der Waals surface area contributed by atoms with E-state index >= 15 is 0 Å². The van der Waals surface area contributed by atoms with Crippen LogP contribution in [-0.2, 0) is 13.1 Å². The average Bonchev–Trinajstić information content (AvgIpc) is 3.01. The monoisotopic (exact) mass is 352 g/mol. The van der Waals surface area contributed by atoms with Gasteiger partial charge in [0, 0.05) is 30.2 Å². The predicted octanol–water partition coefficient (Wildman–Crippen LogP) is 5.89. The van der Waals surface area contributed by atoms with Crippen LogP contribution in [0.5, 0.6) is 0 Å². The fourth-order valence-corrected chi connectivity index (χ4v) is 3.46. The molecule has 1 N–H and O–H groups in total. The molecule has 0 unspecified atom stereocenters. The Bertz CT molecular complexity index is 805. The Labute approximate surface area is 156 Å². The molecule has 3 heteroatoms. The lowest BCUT2D eigenvalue weighted by Crippen LogP contribution is -2.14. The minimum Gasteiger partial charge on any atom is -0.343 e. The SMILES string of the molecule is CCCCCCCNCc1cn(Cc2ccc(F)cc2)c2ccccc12. The van der Waals surface area contributed by atoms with Crippen LogP contribution in [0.15, 0.2) is 54.7 Å². The summed E-state index contributed by atoms with van der Waals surface area (Å²) in [6.07, 6.45) is 8.77. The third-order valence-electron chi connectivity index (χ3n) is 4.91. The van der Waals surface area contributed by atoms with E-state index in [2.05, 4.69) is 47.3 Å². The summed E-state index contributed by atoms with van der Waals surface area (Å²) < 4.78 is 15.4. The van der Waals surface area contributed by atoms with Crippen LogP contribution in [0.4, 0.5) is 4.39 Å². The molecule has 1 aromatic heterocycles. The Morgan fingerprint density at radius 1 is 0.923 bits per heavy atom. The predicted molar refractivity (Wildman–Crippen MR) is 108 cm³/mol. The second-order valence-electron chi connectivity index (χ2n) is 7.02. The number of para-hydroxylation sites is 1. The quantitative estimate of drug-likeness (QED) is 0.450. The number of nitrogens with one attached hydrogen (secondary N) is 1. The van der Waals surface area contributed by atoms with Gasteiger partial charge in [0.15, 0.2) is 0 Å². The van der Waals surface area contributed by atoms with Gasteiger partial charge < -0.3 is 9.88 Å². The highest BCUT2D eigenvalue weighted by molar-refractivity contribution is 5.84. The average molecular weight is 352 g/mol. The first kappa shape index (κ1) is 18.7. The Hall–Kier alpha value is -2.13. The van der Waals surface area contributed by atoms with E-state index in [9.17, 15) is 4.39 Å². The highest BCUT2D eigenvalue weighted by Crippen LogP contribution is 2.22. The van der Waals surface area contributed by atoms with E-state index < -0.39 is 0 Å². The van der Waals surface area contributed by atoms with Crippen molar-refractivity contribution in [1.82, 2.24) is 9.88 Å². The van der Waals surface area contributed by atoms with E-state index in [4.69, 9.17) is 0 Å². The van der Waals surface area contributed by atoms with Gasteiger partial charge in [0.25, 0.3) is 0 Å². The van der Waals surface area contributed by atoms with Crippen LogP contribution in [-0.4, -0.2) is 11.1 Å². The van der Waals surface area contributed by atoms with Gasteiger partial charge in [-0.2, -0.15) is 0 Å². The van der Waals surface area contributed by atoms with Crippen molar-refractivity contribution in [2.45, 2.75) is 52.1 Å². The number of rotatable bonds is 10. The summed E-state index contributed by atoms with van der Waals surface area (Å²) in [5, 5.41) is 4.89. The molecule has 0 aliphatic rings. The van der Waals surface area contributed by atoms with Crippen molar-refractivity contribution in [2.24, 2.45) is 0 Å². The lowest BCUT2D eigenvalue weighted by molar-refractivity contribution is 0.584. The molecule has 0 fully saturated rings. The Balaban J connectivity index is 1.64. The van der Waals surface area contributed by atoms with Crippen molar-refractivity contribution >= 4 is 10.9 Å². The fourth-order valence-electron chi connectivity index (χ4n) is 3.46. The minimum atomic E-state index is -0.185. The van der Waals surface area contributed by atoms with E-state index in [1.807, 2.05) is 12.1 Å². The van der Waals surface area contributed by atoms with E-state index in [-0.39, 0.29) is 5.82 Å². The molecule has 0 amide bonds. The first-order valence-electron chi connectivity index (χ1n) is 9.80. The van der Waals surface area contributed by atoms with Gasteiger partial charge in [-0.25, -0.2) is 4.39 Å². The fraction of sp³-hybridized carbons (Fsp3) is 0.391. The van der Waals surface area contributed by atoms with Crippen molar-refractivity contribution in [3.8, 4) is 0 Å². The highest BCUT2D eigenvalue weighted by atomic mass is 19.1. The maximum atomic E-state index is 13.1. The largest absolute Gasteiger partial charge is 0.343 e. The molecule has 0 aliphatic carbocycles. The second kappa shape index (κ2) is 9.54. The molecule has 0 aliphatic heterocycles. The number of hydrogen-bond donors (Lipinski definition) is 1. The molecule has 2 nitrogen and oxygen atoms in total. The van der Waals surface area contributed by atoms with Crippen LogP contribution < -0.4 is 5.32 Å². The van der Waals surface area contributed by atoms with Crippen molar-refractivity contribution in [1.29, 1.82) is 0 Å². The molecule has 0 spiro atoms. The molecule has 2 aromatic carbocycles. The van der Waals surface area contributed by atoms with E-state index in [1.54, 1.807) is 0 Å². The van der Waals surface area contributed by atoms with E-state index in [0.717, 1.165) is 25.2 Å². The molecule has 0 atom stereocenters. The normalized spacial score (nSPS) is 11.3. The molecule has 138 valence electrons. The minimum absolute atomic E-state index is 0.185. The molecular formula is C23H29FN2. The van der Waals surface area contributed by atoms with Gasteiger partial charge in [-0.3, -0.25) is 0 Å². The Morgan fingerprint density at radius 3 is 2.50 bits per heavy atom. The molecule has 0 saturated carbocycles. The number of halogens is 1. The molecule has 0 bridgehead atoms. The van der Waals surface area contributed by atoms with Gasteiger partial charge >= 0.3 is 0 Å². The lowest BCUT2D eigenvalue weighted by atomic mass is 10.1. The molecule has 0 radical (unpaired) electrons. The topological polar surface area (TPSA) is 17.0 Å². The molecule has 3 aromatic rings. The number of unbranched alkanes of at least 4 members (excludes halogenated alkanes) is 4. The number of fused-ring (bicyclic) bond motifs is 1. The van der Waals surface area contributed by atoms with Crippen molar-refractivity contribution < 1.29 is 4.39 Å². The van der Waals surface area contributed by atoms with Crippen molar-refractivity contribution in [3.63, 3.8) is 0 Å². The zero-order valence-electron chi connectivity index (χ0n) is 15.7. The van der Waals surface area contributed by atoms with E-state index in [0.29, 0.717) is 0 Å². The highest BCUT2D eigenvalue weighted by Gasteiger charge is 2.08. The summed E-state index contributed by atoms with van der Waals surface area (Å²) in [7, 11) is 0. The Morgan fingerprint density at radius 2 is 1.69 bits per heavy atom. The summed E-state index contributed by atoms with van der Waals surface area (Å²) in [6.45, 7) is 4.98. The van der Waals surface area contributed by atoms with Crippen LogP contribution >= 0.6 is 0 Å². The smallest absolute Gasteiger partial charge is 0.123 e. The van der Waals surface area contributed by atoms with Crippen LogP contribution in [0.25, 0.3) is 10.9 Å². The number of aromatic nitrogens is 1. The summed E-state index contributed by atoms with van der Waals surface area (Å²) >= 11 is 0. The number of benzene rings is 2. The third-order valence-corrected chi connectivity index (χ3v) is 4.91. The van der Waals surface area contributed by atoms with Crippen LogP contribution in [0.2, 0.25) is 0 Å². The van der Waals surface area contributed by atoms with Crippen LogP contribution in [0, 0.1) is 5.82 Å². The van der Waals surface area contributed by atoms with Gasteiger partial charge in [-0.1, -0.05) is 62.9 Å². The summed E-state index contributed by atoms with van der Waals surface area (Å²) in [4.78, 5) is 0. The number of nitrogens with zero attached hydrogens (tertiary/aromatic N) is 1.